The van der Waals surface area contributed by atoms with Gasteiger partial charge in [0.25, 0.3) is 5.91 Å². The first-order valence-corrected chi connectivity index (χ1v) is 9.31. The van der Waals surface area contributed by atoms with Gasteiger partial charge in [0, 0.05) is 11.6 Å². The zero-order valence-electron chi connectivity index (χ0n) is 13.5. The molecule has 122 valence electrons. The molecule has 1 aliphatic rings. The van der Waals surface area contributed by atoms with Crippen LogP contribution in [-0.4, -0.2) is 33.2 Å². The van der Waals surface area contributed by atoms with Gasteiger partial charge in [-0.2, -0.15) is 0 Å². The minimum absolute atomic E-state index is 0.0493. The lowest BCUT2D eigenvalue weighted by Crippen LogP contribution is -2.36. The van der Waals surface area contributed by atoms with Crippen molar-refractivity contribution in [2.75, 3.05) is 12.8 Å². The molecule has 0 bridgehead atoms. The maximum atomic E-state index is 12.0. The van der Waals surface area contributed by atoms with Crippen LogP contribution in [-0.2, 0) is 14.8 Å². The van der Waals surface area contributed by atoms with Gasteiger partial charge >= 0.3 is 0 Å². The lowest BCUT2D eigenvalue weighted by Gasteiger charge is -2.17. The Morgan fingerprint density at radius 2 is 1.86 bits per heavy atom. The third kappa shape index (κ3) is 6.18. The SMILES string of the molecule is CN[C@H](/C=C(\C)C(=O)NS(=O)(=O)CC1CCCC1)C(C)C. The van der Waals surface area contributed by atoms with E-state index in [9.17, 15) is 13.2 Å². The van der Waals surface area contributed by atoms with E-state index >= 15 is 0 Å². The van der Waals surface area contributed by atoms with Crippen LogP contribution < -0.4 is 10.0 Å². The zero-order chi connectivity index (χ0) is 16.0. The Bertz CT molecular complexity index is 477. The van der Waals surface area contributed by atoms with Gasteiger partial charge in [-0.15, -0.1) is 0 Å². The van der Waals surface area contributed by atoms with E-state index in [1.807, 2.05) is 20.9 Å². The van der Waals surface area contributed by atoms with Crippen molar-refractivity contribution in [2.24, 2.45) is 11.8 Å². The van der Waals surface area contributed by atoms with Crippen molar-refractivity contribution in [1.29, 1.82) is 0 Å². The van der Waals surface area contributed by atoms with Crippen LogP contribution >= 0.6 is 0 Å². The largest absolute Gasteiger partial charge is 0.313 e. The number of rotatable bonds is 7. The monoisotopic (exact) mass is 316 g/mol. The summed E-state index contributed by atoms with van der Waals surface area (Å²) >= 11 is 0. The fraction of sp³-hybridized carbons (Fsp3) is 0.800. The quantitative estimate of drug-likeness (QED) is 0.703. The van der Waals surface area contributed by atoms with E-state index in [0.717, 1.165) is 25.7 Å². The molecule has 0 aromatic heterocycles. The van der Waals surface area contributed by atoms with E-state index in [4.69, 9.17) is 0 Å². The molecule has 0 aromatic carbocycles. The number of hydrogen-bond donors (Lipinski definition) is 2. The molecular formula is C15H28N2O3S. The number of likely N-dealkylation sites (N-methyl/N-ethyl adjacent to an activating group) is 1. The fourth-order valence-corrected chi connectivity index (χ4v) is 4.19. The molecule has 1 saturated carbocycles. The maximum Gasteiger partial charge on any atom is 0.260 e. The molecule has 1 rings (SSSR count). The van der Waals surface area contributed by atoms with Gasteiger partial charge in [-0.05, 0) is 38.6 Å². The Morgan fingerprint density at radius 3 is 2.33 bits per heavy atom. The van der Waals surface area contributed by atoms with Gasteiger partial charge in [-0.3, -0.25) is 4.79 Å². The van der Waals surface area contributed by atoms with Crippen LogP contribution in [0, 0.1) is 11.8 Å². The Kier molecular flexibility index (Phi) is 6.87. The summed E-state index contributed by atoms with van der Waals surface area (Å²) in [6.45, 7) is 5.73. The van der Waals surface area contributed by atoms with Gasteiger partial charge in [-0.1, -0.05) is 32.8 Å². The van der Waals surface area contributed by atoms with Gasteiger partial charge in [0.15, 0.2) is 0 Å². The van der Waals surface area contributed by atoms with Crippen molar-refractivity contribution in [3.05, 3.63) is 11.6 Å². The van der Waals surface area contributed by atoms with Crippen molar-refractivity contribution in [1.82, 2.24) is 10.0 Å². The zero-order valence-corrected chi connectivity index (χ0v) is 14.3. The van der Waals surface area contributed by atoms with Crippen LogP contribution in [0.5, 0.6) is 0 Å². The second kappa shape index (κ2) is 7.94. The summed E-state index contributed by atoms with van der Waals surface area (Å²) in [6.07, 6.45) is 5.85. The highest BCUT2D eigenvalue weighted by Crippen LogP contribution is 2.25. The fourth-order valence-electron chi connectivity index (χ4n) is 2.70. The minimum atomic E-state index is -3.53. The van der Waals surface area contributed by atoms with E-state index in [-0.39, 0.29) is 17.7 Å². The van der Waals surface area contributed by atoms with E-state index in [1.54, 1.807) is 13.0 Å². The molecule has 5 nitrogen and oxygen atoms in total. The van der Waals surface area contributed by atoms with Gasteiger partial charge in [0.05, 0.1) is 5.75 Å². The molecule has 0 aliphatic heterocycles. The standard InChI is InChI=1S/C15H28N2O3S/c1-11(2)14(16-4)9-12(3)15(18)17-21(19,20)10-13-7-5-6-8-13/h9,11,13-14,16H,5-8,10H2,1-4H3,(H,17,18)/b12-9+/t14-/m1/s1. The van der Waals surface area contributed by atoms with Crippen LogP contribution in [0.15, 0.2) is 11.6 Å². The number of carbonyl (C=O) groups excluding carboxylic acids is 1. The lowest BCUT2D eigenvalue weighted by molar-refractivity contribution is -0.115. The Labute approximate surface area is 128 Å². The molecule has 2 N–H and O–H groups in total. The summed E-state index contributed by atoms with van der Waals surface area (Å²) < 4.78 is 26.2. The second-order valence-corrected chi connectivity index (χ2v) is 8.04. The van der Waals surface area contributed by atoms with E-state index in [2.05, 4.69) is 10.0 Å². The summed E-state index contributed by atoms with van der Waals surface area (Å²) in [5.41, 5.74) is 0.429. The molecule has 0 unspecified atom stereocenters. The number of carbonyl (C=O) groups is 1. The third-order valence-electron chi connectivity index (χ3n) is 4.02. The van der Waals surface area contributed by atoms with Crippen molar-refractivity contribution in [2.45, 2.75) is 52.5 Å². The number of amides is 1. The number of sulfonamides is 1. The smallest absolute Gasteiger partial charge is 0.260 e. The third-order valence-corrected chi connectivity index (χ3v) is 5.42. The summed E-state index contributed by atoms with van der Waals surface area (Å²) in [7, 11) is -1.71. The topological polar surface area (TPSA) is 75.3 Å². The molecule has 1 aliphatic carbocycles. The predicted molar refractivity (Wildman–Crippen MR) is 85.3 cm³/mol. The van der Waals surface area contributed by atoms with Crippen LogP contribution in [0.2, 0.25) is 0 Å². The first kappa shape index (κ1) is 18.2. The van der Waals surface area contributed by atoms with Crippen LogP contribution in [0.1, 0.15) is 46.5 Å². The van der Waals surface area contributed by atoms with Crippen LogP contribution in [0.25, 0.3) is 0 Å². The summed E-state index contributed by atoms with van der Waals surface area (Å²) in [4.78, 5) is 12.0. The molecule has 1 atom stereocenters. The minimum Gasteiger partial charge on any atom is -0.313 e. The summed E-state index contributed by atoms with van der Waals surface area (Å²) in [5.74, 6) is 0.0631. The van der Waals surface area contributed by atoms with Crippen molar-refractivity contribution >= 4 is 15.9 Å². The first-order valence-electron chi connectivity index (χ1n) is 7.65. The van der Waals surface area contributed by atoms with Gasteiger partial charge < -0.3 is 5.32 Å². The molecule has 0 spiro atoms. The molecule has 1 amide bonds. The Morgan fingerprint density at radius 1 is 1.29 bits per heavy atom. The molecule has 1 fully saturated rings. The Hall–Kier alpha value is -0.880. The molecule has 0 heterocycles. The molecule has 21 heavy (non-hydrogen) atoms. The first-order chi connectivity index (χ1) is 9.75. The average molecular weight is 316 g/mol. The van der Waals surface area contributed by atoms with E-state index < -0.39 is 15.9 Å². The van der Waals surface area contributed by atoms with Gasteiger partial charge in [-0.25, -0.2) is 13.1 Å². The number of nitrogens with one attached hydrogen (secondary N) is 2. The van der Waals surface area contributed by atoms with Gasteiger partial charge in [0.2, 0.25) is 10.0 Å². The van der Waals surface area contributed by atoms with Crippen LogP contribution in [0.4, 0.5) is 0 Å². The lowest BCUT2D eigenvalue weighted by atomic mass is 10.0. The summed E-state index contributed by atoms with van der Waals surface area (Å²) in [5, 5.41) is 3.10. The maximum absolute atomic E-state index is 12.0. The molecule has 6 heteroatoms. The van der Waals surface area contributed by atoms with E-state index in [0.29, 0.717) is 11.5 Å². The molecule has 0 aromatic rings. The predicted octanol–water partition coefficient (Wildman–Crippen LogP) is 1.81. The molecular weight excluding hydrogens is 288 g/mol. The molecule has 0 saturated heterocycles. The van der Waals surface area contributed by atoms with Crippen molar-refractivity contribution in [3.8, 4) is 0 Å². The normalized spacial score (nSPS) is 19.0. The van der Waals surface area contributed by atoms with Crippen molar-refractivity contribution < 1.29 is 13.2 Å². The summed E-state index contributed by atoms with van der Waals surface area (Å²) in [6, 6.07) is 0.0493. The van der Waals surface area contributed by atoms with E-state index in [1.165, 1.54) is 0 Å². The molecule has 0 radical (unpaired) electrons. The van der Waals surface area contributed by atoms with Crippen LogP contribution in [0.3, 0.4) is 0 Å². The van der Waals surface area contributed by atoms with Gasteiger partial charge in [0.1, 0.15) is 0 Å². The average Bonchev–Trinajstić information content (AvgIpc) is 2.86. The second-order valence-electron chi connectivity index (χ2n) is 6.27. The highest BCUT2D eigenvalue weighted by Gasteiger charge is 2.24. The highest BCUT2D eigenvalue weighted by molar-refractivity contribution is 7.90. The Balaban J connectivity index is 2.63. The number of hydrogen-bond acceptors (Lipinski definition) is 4. The van der Waals surface area contributed by atoms with Crippen molar-refractivity contribution in [3.63, 3.8) is 0 Å². The highest BCUT2D eigenvalue weighted by atomic mass is 32.2.